The van der Waals surface area contributed by atoms with Crippen molar-refractivity contribution in [1.29, 1.82) is 0 Å². The van der Waals surface area contributed by atoms with Gasteiger partial charge in [0.15, 0.2) is 5.69 Å². The van der Waals surface area contributed by atoms with Gasteiger partial charge < -0.3 is 9.26 Å². The summed E-state index contributed by atoms with van der Waals surface area (Å²) in [6.07, 6.45) is 0.781. The number of rotatable bonds is 6. The van der Waals surface area contributed by atoms with Gasteiger partial charge in [-0.2, -0.15) is 0 Å². The Kier molecular flexibility index (Phi) is 6.49. The quantitative estimate of drug-likeness (QED) is 0.328. The van der Waals surface area contributed by atoms with Gasteiger partial charge in [-0.3, -0.25) is 8.54 Å². The Morgan fingerprint density at radius 1 is 1.21 bits per heavy atom. The fourth-order valence-corrected chi connectivity index (χ4v) is 6.39. The van der Waals surface area contributed by atoms with Gasteiger partial charge in [0.1, 0.15) is 0 Å². The number of aryl methyl sites for hydroxylation is 2. The maximum Gasteiger partial charge on any atom is 0.356 e. The SMILES string of the molecule is CCOC(=O)c1c(P(=O)(OC)c2cc(C)cc(CC)c2)c2cc(Cl)ccc2n1S. The molecule has 0 aliphatic carbocycles. The van der Waals surface area contributed by atoms with Gasteiger partial charge in [0.05, 0.1) is 17.4 Å². The summed E-state index contributed by atoms with van der Waals surface area (Å²) >= 11 is 10.7. The number of hydrogen-bond donors (Lipinski definition) is 1. The zero-order valence-corrected chi connectivity index (χ0v) is 19.3. The molecule has 0 spiro atoms. The molecule has 0 aliphatic heterocycles. The monoisotopic (exact) mass is 451 g/mol. The summed E-state index contributed by atoms with van der Waals surface area (Å²) < 4.78 is 26.6. The zero-order valence-electron chi connectivity index (χ0n) is 16.7. The van der Waals surface area contributed by atoms with Crippen molar-refractivity contribution in [2.75, 3.05) is 13.7 Å². The molecule has 2 aromatic carbocycles. The average Bonchev–Trinajstić information content (AvgIpc) is 2.99. The Hall–Kier alpha value is -1.72. The Morgan fingerprint density at radius 2 is 1.93 bits per heavy atom. The van der Waals surface area contributed by atoms with Crippen molar-refractivity contribution in [3.8, 4) is 0 Å². The summed E-state index contributed by atoms with van der Waals surface area (Å²) in [5, 5.41) is 1.76. The molecule has 1 atom stereocenters. The highest BCUT2D eigenvalue weighted by Crippen LogP contribution is 2.48. The van der Waals surface area contributed by atoms with Gasteiger partial charge in [-0.05, 0) is 56.2 Å². The third-order valence-corrected chi connectivity index (χ3v) is 7.91. The molecule has 3 aromatic rings. The molecule has 0 radical (unpaired) electrons. The highest BCUT2D eigenvalue weighted by atomic mass is 35.5. The van der Waals surface area contributed by atoms with Gasteiger partial charge in [0.25, 0.3) is 7.37 Å². The molecule has 0 amide bonds. The van der Waals surface area contributed by atoms with Crippen LogP contribution in [0.1, 0.15) is 35.5 Å². The van der Waals surface area contributed by atoms with Crippen molar-refractivity contribution in [2.24, 2.45) is 0 Å². The third-order valence-electron chi connectivity index (χ3n) is 4.77. The van der Waals surface area contributed by atoms with Crippen LogP contribution in [0, 0.1) is 6.92 Å². The minimum Gasteiger partial charge on any atom is -0.461 e. The first-order chi connectivity index (χ1) is 13.8. The second kappa shape index (κ2) is 8.57. The number of benzene rings is 2. The topological polar surface area (TPSA) is 57.5 Å². The molecule has 1 aromatic heterocycles. The first-order valence-electron chi connectivity index (χ1n) is 9.24. The van der Waals surface area contributed by atoms with E-state index in [1.165, 1.54) is 11.1 Å². The van der Waals surface area contributed by atoms with E-state index in [9.17, 15) is 9.36 Å². The summed E-state index contributed by atoms with van der Waals surface area (Å²) in [6, 6.07) is 10.8. The number of ether oxygens (including phenoxy) is 1. The molecule has 154 valence electrons. The van der Waals surface area contributed by atoms with Gasteiger partial charge in [-0.25, -0.2) is 4.79 Å². The molecular weight excluding hydrogens is 429 g/mol. The maximum absolute atomic E-state index is 14.4. The van der Waals surface area contributed by atoms with E-state index < -0.39 is 13.3 Å². The lowest BCUT2D eigenvalue weighted by Crippen LogP contribution is -2.25. The molecule has 0 N–H and O–H groups in total. The number of nitrogens with zero attached hydrogens (tertiary/aromatic N) is 1. The maximum atomic E-state index is 14.4. The van der Waals surface area contributed by atoms with Gasteiger partial charge >= 0.3 is 5.97 Å². The fourth-order valence-electron chi connectivity index (χ4n) is 3.45. The minimum absolute atomic E-state index is 0.0807. The van der Waals surface area contributed by atoms with E-state index in [4.69, 9.17) is 20.9 Å². The first-order valence-corrected chi connectivity index (χ1v) is 11.6. The predicted octanol–water partition coefficient (Wildman–Crippen LogP) is 4.91. The molecule has 0 aliphatic rings. The normalized spacial score (nSPS) is 13.4. The van der Waals surface area contributed by atoms with Gasteiger partial charge in [0, 0.05) is 22.8 Å². The Balaban J connectivity index is 2.43. The second-order valence-electron chi connectivity index (χ2n) is 6.66. The molecular formula is C21H23ClNO4PS. The Bertz CT molecular complexity index is 1140. The van der Waals surface area contributed by atoms with Crippen LogP contribution in [0.25, 0.3) is 10.9 Å². The lowest BCUT2D eigenvalue weighted by atomic mass is 10.1. The molecule has 0 saturated heterocycles. The van der Waals surface area contributed by atoms with Crippen molar-refractivity contribution < 1.29 is 18.6 Å². The molecule has 3 rings (SSSR count). The Morgan fingerprint density at radius 3 is 2.55 bits per heavy atom. The lowest BCUT2D eigenvalue weighted by Gasteiger charge is -2.19. The fraction of sp³-hybridized carbons (Fsp3) is 0.286. The molecule has 0 bridgehead atoms. The molecule has 1 unspecified atom stereocenters. The standard InChI is InChI=1S/C21H23ClNO4PS/c1-5-14-9-13(3)10-16(11-14)28(25,26-4)20-17-12-15(22)7-8-18(17)23(29)19(20)21(24)27-6-2/h7-12,29H,5-6H2,1-4H3. The van der Waals surface area contributed by atoms with Crippen LogP contribution < -0.4 is 10.6 Å². The molecule has 29 heavy (non-hydrogen) atoms. The summed E-state index contributed by atoms with van der Waals surface area (Å²) in [6.45, 7) is 5.85. The summed E-state index contributed by atoms with van der Waals surface area (Å²) in [4.78, 5) is 12.8. The molecule has 5 nitrogen and oxygen atoms in total. The van der Waals surface area contributed by atoms with E-state index in [0.717, 1.165) is 17.5 Å². The zero-order chi connectivity index (χ0) is 21.3. The van der Waals surface area contributed by atoms with Crippen LogP contribution in [-0.2, 0) is 20.2 Å². The van der Waals surface area contributed by atoms with Crippen molar-refractivity contribution in [3.05, 3.63) is 58.2 Å². The smallest absolute Gasteiger partial charge is 0.356 e. The molecule has 1 heterocycles. The Labute approximate surface area is 181 Å². The molecule has 8 heteroatoms. The van der Waals surface area contributed by atoms with E-state index in [0.29, 0.717) is 21.2 Å². The van der Waals surface area contributed by atoms with Crippen LogP contribution in [0.4, 0.5) is 0 Å². The summed E-state index contributed by atoms with van der Waals surface area (Å²) in [5.41, 5.74) is 2.66. The van der Waals surface area contributed by atoms with E-state index in [2.05, 4.69) is 12.8 Å². The van der Waals surface area contributed by atoms with Crippen LogP contribution in [0.5, 0.6) is 0 Å². The van der Waals surface area contributed by atoms with E-state index in [1.54, 1.807) is 25.1 Å². The number of aromatic nitrogens is 1. The number of carbonyl (C=O) groups excluding carboxylic acids is 1. The number of fused-ring (bicyclic) bond motifs is 1. The van der Waals surface area contributed by atoms with Crippen molar-refractivity contribution in [2.45, 2.75) is 27.2 Å². The highest BCUT2D eigenvalue weighted by molar-refractivity contribution is 7.79. The predicted molar refractivity (Wildman–Crippen MR) is 122 cm³/mol. The van der Waals surface area contributed by atoms with Gasteiger partial charge in [0.2, 0.25) is 0 Å². The van der Waals surface area contributed by atoms with Gasteiger partial charge in [-0.15, -0.1) is 0 Å². The third kappa shape index (κ3) is 3.87. The van der Waals surface area contributed by atoms with E-state index >= 15 is 0 Å². The summed E-state index contributed by atoms with van der Waals surface area (Å²) in [5.74, 6) is -0.620. The lowest BCUT2D eigenvalue weighted by molar-refractivity contribution is 0.0520. The van der Waals surface area contributed by atoms with Crippen LogP contribution in [-0.4, -0.2) is 23.7 Å². The van der Waals surface area contributed by atoms with Crippen LogP contribution in [0.15, 0.2) is 36.4 Å². The summed E-state index contributed by atoms with van der Waals surface area (Å²) in [7, 11) is -2.28. The molecule has 0 fully saturated rings. The van der Waals surface area contributed by atoms with Crippen LogP contribution in [0.3, 0.4) is 0 Å². The van der Waals surface area contributed by atoms with Gasteiger partial charge in [-0.1, -0.05) is 43.0 Å². The average molecular weight is 452 g/mol. The van der Waals surface area contributed by atoms with Crippen molar-refractivity contribution in [1.82, 2.24) is 3.97 Å². The first kappa shape index (κ1) is 22.0. The number of esters is 1. The number of hydrogen-bond acceptors (Lipinski definition) is 5. The van der Waals surface area contributed by atoms with Crippen LogP contribution in [0.2, 0.25) is 5.02 Å². The highest BCUT2D eigenvalue weighted by Gasteiger charge is 2.38. The van der Waals surface area contributed by atoms with E-state index in [-0.39, 0.29) is 17.6 Å². The minimum atomic E-state index is -3.66. The number of thiol groups is 1. The van der Waals surface area contributed by atoms with Crippen molar-refractivity contribution >= 4 is 59.3 Å². The van der Waals surface area contributed by atoms with E-state index in [1.807, 2.05) is 32.0 Å². The second-order valence-corrected chi connectivity index (χ2v) is 9.92. The van der Waals surface area contributed by atoms with Crippen molar-refractivity contribution in [3.63, 3.8) is 0 Å². The number of halogens is 1. The molecule has 0 saturated carbocycles. The van der Waals surface area contributed by atoms with Crippen LogP contribution >= 0.6 is 31.8 Å². The largest absolute Gasteiger partial charge is 0.461 e. The number of carbonyl (C=O) groups is 1.